The Morgan fingerprint density at radius 1 is 1.55 bits per heavy atom. The molecule has 1 heterocycles. The van der Waals surface area contributed by atoms with Crippen molar-refractivity contribution in [2.45, 2.75) is 13.8 Å². The van der Waals surface area contributed by atoms with Gasteiger partial charge in [-0.15, -0.1) is 0 Å². The lowest BCUT2D eigenvalue weighted by Crippen LogP contribution is -1.93. The van der Waals surface area contributed by atoms with Crippen LogP contribution in [0.5, 0.6) is 0 Å². The van der Waals surface area contributed by atoms with Crippen molar-refractivity contribution < 1.29 is 5.21 Å². The quantitative estimate of drug-likeness (QED) is 0.369. The Kier molecular flexibility index (Phi) is 1.98. The van der Waals surface area contributed by atoms with Crippen molar-refractivity contribution in [3.63, 3.8) is 0 Å². The summed E-state index contributed by atoms with van der Waals surface area (Å²) in [6.45, 7) is 4.01. The number of hydrogen-bond donors (Lipinski definition) is 1. The second-order valence-electron chi connectivity index (χ2n) is 2.63. The molecule has 0 aliphatic heterocycles. The normalized spacial score (nSPS) is 11.2. The van der Waals surface area contributed by atoms with Crippen molar-refractivity contribution in [1.82, 2.24) is 4.57 Å². The lowest BCUT2D eigenvalue weighted by Gasteiger charge is -1.97. The van der Waals surface area contributed by atoms with Crippen molar-refractivity contribution >= 4 is 6.21 Å². The van der Waals surface area contributed by atoms with Crippen molar-refractivity contribution in [2.75, 3.05) is 0 Å². The summed E-state index contributed by atoms with van der Waals surface area (Å²) >= 11 is 0. The molecule has 60 valence electrons. The highest BCUT2D eigenvalue weighted by molar-refractivity contribution is 5.81. The first-order valence-corrected chi connectivity index (χ1v) is 3.47. The molecule has 0 saturated heterocycles. The molecule has 3 heteroatoms. The molecule has 11 heavy (non-hydrogen) atoms. The molecule has 3 nitrogen and oxygen atoms in total. The van der Waals surface area contributed by atoms with E-state index in [0.717, 1.165) is 17.0 Å². The van der Waals surface area contributed by atoms with Crippen LogP contribution in [0.25, 0.3) is 0 Å². The molecule has 0 saturated carbocycles. The van der Waals surface area contributed by atoms with Gasteiger partial charge >= 0.3 is 0 Å². The van der Waals surface area contributed by atoms with Gasteiger partial charge in [-0.05, 0) is 19.9 Å². The first kappa shape index (κ1) is 7.85. The molecule has 0 aromatic carbocycles. The first-order chi connectivity index (χ1) is 5.16. The standard InChI is InChI=1S/C8H12N2O/c1-6-4-8(5-9-11)7(2)10(6)3/h4-5,11H,1-3H3. The molecule has 0 spiro atoms. The predicted molar refractivity (Wildman–Crippen MR) is 44.3 cm³/mol. The average Bonchev–Trinajstić information content (AvgIpc) is 2.19. The van der Waals surface area contributed by atoms with E-state index in [2.05, 4.69) is 9.72 Å². The summed E-state index contributed by atoms with van der Waals surface area (Å²) in [4.78, 5) is 0. The second kappa shape index (κ2) is 2.78. The molecule has 1 N–H and O–H groups in total. The number of hydrogen-bond acceptors (Lipinski definition) is 2. The SMILES string of the molecule is Cc1cc(C=NO)c(C)n1C. The van der Waals surface area contributed by atoms with Crippen LogP contribution in [0.15, 0.2) is 11.2 Å². The van der Waals surface area contributed by atoms with Gasteiger partial charge in [0.2, 0.25) is 0 Å². The molecule has 0 bridgehead atoms. The summed E-state index contributed by atoms with van der Waals surface area (Å²) in [5, 5.41) is 11.3. The molecular formula is C8H12N2O. The van der Waals surface area contributed by atoms with E-state index in [1.54, 1.807) is 0 Å². The van der Waals surface area contributed by atoms with E-state index in [4.69, 9.17) is 5.21 Å². The monoisotopic (exact) mass is 152 g/mol. The van der Waals surface area contributed by atoms with Gasteiger partial charge in [0, 0.05) is 24.0 Å². The smallest absolute Gasteiger partial charge is 0.0751 e. The predicted octanol–water partition coefficient (Wildman–Crippen LogP) is 1.45. The summed E-state index contributed by atoms with van der Waals surface area (Å²) in [6.07, 6.45) is 1.45. The van der Waals surface area contributed by atoms with E-state index in [9.17, 15) is 0 Å². The topological polar surface area (TPSA) is 37.5 Å². The summed E-state index contributed by atoms with van der Waals surface area (Å²) < 4.78 is 2.05. The van der Waals surface area contributed by atoms with E-state index in [-0.39, 0.29) is 0 Å². The third-order valence-corrected chi connectivity index (χ3v) is 2.01. The average molecular weight is 152 g/mol. The third kappa shape index (κ3) is 1.27. The summed E-state index contributed by atoms with van der Waals surface area (Å²) in [7, 11) is 1.99. The van der Waals surface area contributed by atoms with Crippen LogP contribution >= 0.6 is 0 Å². The first-order valence-electron chi connectivity index (χ1n) is 3.47. The minimum Gasteiger partial charge on any atom is -0.411 e. The number of oxime groups is 1. The lowest BCUT2D eigenvalue weighted by atomic mass is 10.3. The largest absolute Gasteiger partial charge is 0.411 e. The fourth-order valence-corrected chi connectivity index (χ4v) is 1.08. The molecule has 1 rings (SSSR count). The maximum Gasteiger partial charge on any atom is 0.0751 e. The van der Waals surface area contributed by atoms with E-state index in [1.807, 2.05) is 27.0 Å². The minimum absolute atomic E-state index is 0.965. The van der Waals surface area contributed by atoms with Gasteiger partial charge in [-0.25, -0.2) is 0 Å². The molecule has 0 amide bonds. The lowest BCUT2D eigenvalue weighted by molar-refractivity contribution is 0.322. The molecule has 1 aromatic heterocycles. The Labute approximate surface area is 66.0 Å². The van der Waals surface area contributed by atoms with Crippen LogP contribution in [0.4, 0.5) is 0 Å². The molecule has 0 atom stereocenters. The maximum absolute atomic E-state index is 8.30. The van der Waals surface area contributed by atoms with Gasteiger partial charge in [-0.1, -0.05) is 5.16 Å². The van der Waals surface area contributed by atoms with Crippen LogP contribution in [-0.4, -0.2) is 16.0 Å². The van der Waals surface area contributed by atoms with Gasteiger partial charge in [0.15, 0.2) is 0 Å². The van der Waals surface area contributed by atoms with Gasteiger partial charge in [0.25, 0.3) is 0 Å². The highest BCUT2D eigenvalue weighted by Gasteiger charge is 2.02. The van der Waals surface area contributed by atoms with Crippen LogP contribution in [0, 0.1) is 13.8 Å². The zero-order valence-corrected chi connectivity index (χ0v) is 7.00. The van der Waals surface area contributed by atoms with E-state index in [0.29, 0.717) is 0 Å². The van der Waals surface area contributed by atoms with Gasteiger partial charge in [0.05, 0.1) is 6.21 Å². The number of aromatic nitrogens is 1. The van der Waals surface area contributed by atoms with Crippen LogP contribution < -0.4 is 0 Å². The highest BCUT2D eigenvalue weighted by Crippen LogP contribution is 2.10. The van der Waals surface area contributed by atoms with Crippen LogP contribution in [0.3, 0.4) is 0 Å². The maximum atomic E-state index is 8.30. The van der Waals surface area contributed by atoms with Gasteiger partial charge < -0.3 is 9.77 Å². The van der Waals surface area contributed by atoms with Crippen LogP contribution in [0.1, 0.15) is 17.0 Å². The number of aryl methyl sites for hydroxylation is 1. The van der Waals surface area contributed by atoms with Gasteiger partial charge in [0.1, 0.15) is 0 Å². The van der Waals surface area contributed by atoms with Gasteiger partial charge in [-0.3, -0.25) is 0 Å². The van der Waals surface area contributed by atoms with Crippen LogP contribution in [0.2, 0.25) is 0 Å². The summed E-state index contributed by atoms with van der Waals surface area (Å²) in [5.41, 5.74) is 3.24. The molecule has 0 fully saturated rings. The van der Waals surface area contributed by atoms with Crippen molar-refractivity contribution in [3.8, 4) is 0 Å². The molecule has 0 aliphatic carbocycles. The van der Waals surface area contributed by atoms with Gasteiger partial charge in [-0.2, -0.15) is 0 Å². The van der Waals surface area contributed by atoms with E-state index >= 15 is 0 Å². The number of nitrogens with zero attached hydrogens (tertiary/aromatic N) is 2. The molecule has 0 radical (unpaired) electrons. The fraction of sp³-hybridized carbons (Fsp3) is 0.375. The zero-order chi connectivity index (χ0) is 8.43. The Morgan fingerprint density at radius 2 is 2.18 bits per heavy atom. The summed E-state index contributed by atoms with van der Waals surface area (Å²) in [5.74, 6) is 0. The molecular weight excluding hydrogens is 140 g/mol. The summed E-state index contributed by atoms with van der Waals surface area (Å²) in [6, 6.07) is 1.98. The van der Waals surface area contributed by atoms with E-state index < -0.39 is 0 Å². The minimum atomic E-state index is 0.965. The molecule has 0 aliphatic rings. The highest BCUT2D eigenvalue weighted by atomic mass is 16.4. The Morgan fingerprint density at radius 3 is 2.55 bits per heavy atom. The second-order valence-corrected chi connectivity index (χ2v) is 2.63. The van der Waals surface area contributed by atoms with Crippen molar-refractivity contribution in [3.05, 3.63) is 23.0 Å². The Bertz CT molecular complexity index is 287. The zero-order valence-electron chi connectivity index (χ0n) is 7.00. The van der Waals surface area contributed by atoms with Crippen molar-refractivity contribution in [2.24, 2.45) is 12.2 Å². The van der Waals surface area contributed by atoms with E-state index in [1.165, 1.54) is 6.21 Å². The van der Waals surface area contributed by atoms with Crippen LogP contribution in [-0.2, 0) is 7.05 Å². The molecule has 0 unspecified atom stereocenters. The fourth-order valence-electron chi connectivity index (χ4n) is 1.08. The van der Waals surface area contributed by atoms with Crippen molar-refractivity contribution in [1.29, 1.82) is 0 Å². The number of rotatable bonds is 1. The molecule has 1 aromatic rings. The Balaban J connectivity index is 3.18. The third-order valence-electron chi connectivity index (χ3n) is 2.01. The Hall–Kier alpha value is -1.25.